The number of ether oxygens (including phenoxy) is 1. The number of carbonyl (C=O) groups is 2. The van der Waals surface area contributed by atoms with E-state index in [2.05, 4.69) is 16.7 Å². The monoisotopic (exact) mass is 382 g/mol. The lowest BCUT2D eigenvalue weighted by atomic mass is 10.2. The molecule has 0 unspecified atom stereocenters. The first kappa shape index (κ1) is 18.9. The second-order valence-electron chi connectivity index (χ2n) is 6.46. The van der Waals surface area contributed by atoms with Crippen LogP contribution in [0.5, 0.6) is 0 Å². The van der Waals surface area contributed by atoms with E-state index in [1.54, 1.807) is 35.4 Å². The van der Waals surface area contributed by atoms with E-state index in [4.69, 9.17) is 4.74 Å². The summed E-state index contributed by atoms with van der Waals surface area (Å²) in [4.78, 5) is 25.9. The summed E-state index contributed by atoms with van der Waals surface area (Å²) in [6.07, 6.45) is 0. The highest BCUT2D eigenvalue weighted by molar-refractivity contribution is 7.07. The van der Waals surface area contributed by atoms with Gasteiger partial charge in [-0.1, -0.05) is 0 Å². The third-order valence-corrected chi connectivity index (χ3v) is 5.12. The highest BCUT2D eigenvalue weighted by Gasteiger charge is 2.14. The fourth-order valence-electron chi connectivity index (χ4n) is 2.89. The van der Waals surface area contributed by atoms with Crippen molar-refractivity contribution in [3.05, 3.63) is 75.7 Å². The number of rotatable bonds is 6. The summed E-state index contributed by atoms with van der Waals surface area (Å²) in [5.74, 6) is -0.732. The number of hydrogen-bond donors (Lipinski definition) is 0. The fraction of sp³-hybridized carbons (Fsp3) is 0.238. The van der Waals surface area contributed by atoms with Crippen LogP contribution in [0, 0.1) is 13.8 Å². The number of nitrogens with zero attached hydrogens (tertiary/aromatic N) is 2. The first-order valence-electron chi connectivity index (χ1n) is 8.63. The summed E-state index contributed by atoms with van der Waals surface area (Å²) in [6, 6.07) is 13.3. The Labute approximate surface area is 162 Å². The number of aromatic nitrogens is 1. The van der Waals surface area contributed by atoms with Crippen molar-refractivity contribution in [2.45, 2.75) is 20.4 Å². The zero-order valence-corrected chi connectivity index (χ0v) is 16.5. The summed E-state index contributed by atoms with van der Waals surface area (Å²) in [5, 5.41) is 3.96. The number of thiophene rings is 1. The van der Waals surface area contributed by atoms with Gasteiger partial charge in [0.1, 0.15) is 0 Å². The molecule has 140 valence electrons. The van der Waals surface area contributed by atoms with Crippen LogP contribution in [-0.4, -0.2) is 35.0 Å². The molecule has 0 fully saturated rings. The van der Waals surface area contributed by atoms with Gasteiger partial charge in [-0.3, -0.25) is 4.79 Å². The van der Waals surface area contributed by atoms with Crippen LogP contribution in [0.2, 0.25) is 0 Å². The third kappa shape index (κ3) is 4.46. The van der Waals surface area contributed by atoms with Gasteiger partial charge >= 0.3 is 5.97 Å². The van der Waals surface area contributed by atoms with Gasteiger partial charge < -0.3 is 14.2 Å². The van der Waals surface area contributed by atoms with Crippen LogP contribution in [0.1, 0.15) is 27.3 Å². The minimum atomic E-state index is -0.500. The van der Waals surface area contributed by atoms with Crippen molar-refractivity contribution in [1.82, 2.24) is 9.47 Å². The molecular formula is C21H22N2O3S. The van der Waals surface area contributed by atoms with E-state index in [0.29, 0.717) is 12.1 Å². The predicted octanol–water partition coefficient (Wildman–Crippen LogP) is 3.97. The zero-order chi connectivity index (χ0) is 19.4. The molecule has 0 saturated carbocycles. The molecule has 0 aliphatic rings. The van der Waals surface area contributed by atoms with Gasteiger partial charge in [0.05, 0.1) is 5.56 Å². The molecule has 3 rings (SSSR count). The van der Waals surface area contributed by atoms with Crippen molar-refractivity contribution in [2.24, 2.45) is 0 Å². The molecule has 0 atom stereocenters. The van der Waals surface area contributed by atoms with E-state index in [9.17, 15) is 9.59 Å². The standard InChI is InChI=1S/C21H22N2O3S/c1-15-4-5-16(2)23(15)19-8-6-18(7-9-19)21(25)26-13-20(24)22(3)12-17-10-11-27-14-17/h4-11,14H,12-13H2,1-3H3. The number of hydrogen-bond acceptors (Lipinski definition) is 4. The molecule has 0 saturated heterocycles. The smallest absolute Gasteiger partial charge is 0.338 e. The van der Waals surface area contributed by atoms with Gasteiger partial charge in [-0.25, -0.2) is 4.79 Å². The average Bonchev–Trinajstić information content (AvgIpc) is 3.29. The number of amides is 1. The summed E-state index contributed by atoms with van der Waals surface area (Å²) in [6.45, 7) is 4.31. The van der Waals surface area contributed by atoms with E-state index < -0.39 is 5.97 Å². The Kier molecular flexibility index (Phi) is 5.76. The van der Waals surface area contributed by atoms with Crippen molar-refractivity contribution < 1.29 is 14.3 Å². The molecule has 3 aromatic rings. The molecule has 2 aromatic heterocycles. The molecule has 0 bridgehead atoms. The molecule has 0 radical (unpaired) electrons. The van der Waals surface area contributed by atoms with Gasteiger partial charge in [0, 0.05) is 30.7 Å². The second-order valence-corrected chi connectivity index (χ2v) is 7.24. The largest absolute Gasteiger partial charge is 0.452 e. The van der Waals surface area contributed by atoms with Crippen molar-refractivity contribution >= 4 is 23.2 Å². The average molecular weight is 382 g/mol. The van der Waals surface area contributed by atoms with Gasteiger partial charge in [0.25, 0.3) is 5.91 Å². The Morgan fingerprint density at radius 1 is 1.04 bits per heavy atom. The van der Waals surface area contributed by atoms with Gasteiger partial charge in [0.2, 0.25) is 0 Å². The number of esters is 1. The van der Waals surface area contributed by atoms with Crippen molar-refractivity contribution in [3.8, 4) is 5.69 Å². The Balaban J connectivity index is 1.57. The maximum atomic E-state index is 12.2. The summed E-state index contributed by atoms with van der Waals surface area (Å²) in [5.41, 5.74) is 4.73. The van der Waals surface area contributed by atoms with Crippen molar-refractivity contribution in [3.63, 3.8) is 0 Å². The SMILES string of the molecule is Cc1ccc(C)n1-c1ccc(C(=O)OCC(=O)N(C)Cc2ccsc2)cc1. The molecule has 1 aromatic carbocycles. The van der Waals surface area contributed by atoms with Crippen LogP contribution >= 0.6 is 11.3 Å². The lowest BCUT2D eigenvalue weighted by molar-refractivity contribution is -0.133. The van der Waals surface area contributed by atoms with Crippen molar-refractivity contribution in [1.29, 1.82) is 0 Å². The molecular weight excluding hydrogens is 360 g/mol. The molecule has 0 aliphatic carbocycles. The number of aryl methyl sites for hydroxylation is 2. The third-order valence-electron chi connectivity index (χ3n) is 4.38. The zero-order valence-electron chi connectivity index (χ0n) is 15.6. The van der Waals surface area contributed by atoms with Crippen LogP contribution < -0.4 is 0 Å². The minimum Gasteiger partial charge on any atom is -0.452 e. The Morgan fingerprint density at radius 3 is 2.30 bits per heavy atom. The molecule has 0 spiro atoms. The second kappa shape index (κ2) is 8.22. The quantitative estimate of drug-likeness (QED) is 0.606. The van der Waals surface area contributed by atoms with E-state index in [1.165, 1.54) is 0 Å². The van der Waals surface area contributed by atoms with Gasteiger partial charge in [-0.2, -0.15) is 11.3 Å². The molecule has 5 nitrogen and oxygen atoms in total. The van der Waals surface area contributed by atoms with Crippen LogP contribution in [0.25, 0.3) is 5.69 Å². The van der Waals surface area contributed by atoms with E-state index in [0.717, 1.165) is 22.6 Å². The Morgan fingerprint density at radius 2 is 1.70 bits per heavy atom. The Bertz CT molecular complexity index is 908. The summed E-state index contributed by atoms with van der Waals surface area (Å²) < 4.78 is 7.28. The predicted molar refractivity (Wildman–Crippen MR) is 106 cm³/mol. The lowest BCUT2D eigenvalue weighted by Crippen LogP contribution is -2.30. The van der Waals surface area contributed by atoms with E-state index in [1.807, 2.05) is 42.8 Å². The highest BCUT2D eigenvalue weighted by atomic mass is 32.1. The van der Waals surface area contributed by atoms with Crippen LogP contribution in [-0.2, 0) is 16.1 Å². The molecule has 0 N–H and O–H groups in total. The summed E-state index contributed by atoms with van der Waals surface area (Å²) in [7, 11) is 1.70. The fourth-order valence-corrected chi connectivity index (χ4v) is 3.55. The maximum absolute atomic E-state index is 12.2. The van der Waals surface area contributed by atoms with Crippen molar-refractivity contribution in [2.75, 3.05) is 13.7 Å². The summed E-state index contributed by atoms with van der Waals surface area (Å²) >= 11 is 1.59. The number of carbonyl (C=O) groups excluding carboxylic acids is 2. The maximum Gasteiger partial charge on any atom is 0.338 e. The van der Waals surface area contributed by atoms with Gasteiger partial charge in [-0.15, -0.1) is 0 Å². The van der Waals surface area contributed by atoms with Gasteiger partial charge in [0.15, 0.2) is 6.61 Å². The molecule has 1 amide bonds. The molecule has 0 aliphatic heterocycles. The molecule has 2 heterocycles. The molecule has 27 heavy (non-hydrogen) atoms. The van der Waals surface area contributed by atoms with Crippen LogP contribution in [0.4, 0.5) is 0 Å². The topological polar surface area (TPSA) is 51.5 Å². The highest BCUT2D eigenvalue weighted by Crippen LogP contribution is 2.17. The van der Waals surface area contributed by atoms with Crippen LogP contribution in [0.15, 0.2) is 53.2 Å². The van der Waals surface area contributed by atoms with E-state index in [-0.39, 0.29) is 12.5 Å². The molecule has 6 heteroatoms. The normalized spacial score (nSPS) is 10.6. The minimum absolute atomic E-state index is 0.232. The Hall–Kier alpha value is -2.86. The first-order chi connectivity index (χ1) is 13.0. The van der Waals surface area contributed by atoms with Crippen LogP contribution in [0.3, 0.4) is 0 Å². The number of likely N-dealkylation sites (N-methyl/N-ethyl adjacent to an activating group) is 1. The van der Waals surface area contributed by atoms with Gasteiger partial charge in [-0.05, 0) is 72.6 Å². The van der Waals surface area contributed by atoms with E-state index >= 15 is 0 Å². The first-order valence-corrected chi connectivity index (χ1v) is 9.57. The lowest BCUT2D eigenvalue weighted by Gasteiger charge is -2.16. The number of benzene rings is 1.